The highest BCUT2D eigenvalue weighted by Gasteiger charge is 2.42. The van der Waals surface area contributed by atoms with E-state index >= 15 is 0 Å². The highest BCUT2D eigenvalue weighted by atomic mass is 16.6. The third-order valence-electron chi connectivity index (χ3n) is 3.20. The van der Waals surface area contributed by atoms with E-state index in [1.807, 2.05) is 0 Å². The van der Waals surface area contributed by atoms with Crippen LogP contribution >= 0.6 is 0 Å². The number of carbonyl (C=O) groups is 2. The molecule has 1 aromatic carbocycles. The number of benzene rings is 1. The van der Waals surface area contributed by atoms with Gasteiger partial charge in [0.2, 0.25) is 0 Å². The Kier molecular flexibility index (Phi) is 5.47. The van der Waals surface area contributed by atoms with Crippen molar-refractivity contribution in [1.82, 2.24) is 0 Å². The van der Waals surface area contributed by atoms with Crippen molar-refractivity contribution in [1.29, 1.82) is 0 Å². The topological polar surface area (TPSA) is 95.7 Å². The van der Waals surface area contributed by atoms with Gasteiger partial charge in [0, 0.05) is 12.1 Å². The van der Waals surface area contributed by atoms with Crippen LogP contribution in [0, 0.1) is 15.5 Å². The molecule has 0 saturated carbocycles. The maximum absolute atomic E-state index is 12.3. The largest absolute Gasteiger partial charge is 0.492 e. The zero-order chi connectivity index (χ0) is 17.8. The first kappa shape index (κ1) is 18.6. The Morgan fingerprint density at radius 3 is 2.04 bits per heavy atom. The molecular weight excluding hydrogens is 302 g/mol. The number of Topliss-reactive ketones (excluding diaryl/α,β-unsaturated/α-hetero) is 1. The van der Waals surface area contributed by atoms with Crippen LogP contribution < -0.4 is 4.74 Å². The molecule has 0 fully saturated rings. The molecule has 0 aliphatic heterocycles. The number of nitrogens with zero attached hydrogens (tertiary/aromatic N) is 1. The first-order valence-electron chi connectivity index (χ1n) is 7.07. The van der Waals surface area contributed by atoms with Crippen molar-refractivity contribution in [2.75, 3.05) is 6.61 Å². The van der Waals surface area contributed by atoms with Gasteiger partial charge in [-0.2, -0.15) is 0 Å². The average molecular weight is 323 g/mol. The molecule has 0 N–H and O–H groups in total. The van der Waals surface area contributed by atoms with E-state index in [2.05, 4.69) is 0 Å². The van der Waals surface area contributed by atoms with E-state index < -0.39 is 21.9 Å². The normalized spacial score (nSPS) is 13.8. The maximum Gasteiger partial charge on any atom is 0.323 e. The van der Waals surface area contributed by atoms with Crippen LogP contribution in [0.15, 0.2) is 24.3 Å². The van der Waals surface area contributed by atoms with Crippen molar-refractivity contribution in [2.45, 2.75) is 40.2 Å². The lowest BCUT2D eigenvalue weighted by Crippen LogP contribution is -2.44. The Morgan fingerprint density at radius 1 is 1.13 bits per heavy atom. The number of hydrogen-bond donors (Lipinski definition) is 0. The monoisotopic (exact) mass is 323 g/mol. The summed E-state index contributed by atoms with van der Waals surface area (Å²) in [5.41, 5.74) is -2.24. The molecule has 0 radical (unpaired) electrons. The van der Waals surface area contributed by atoms with Crippen LogP contribution in [0.4, 0.5) is 5.69 Å². The number of non-ortho nitro benzene ring substituents is 1. The molecule has 7 heteroatoms. The molecule has 1 unspecified atom stereocenters. The van der Waals surface area contributed by atoms with Gasteiger partial charge in [-0.05, 0) is 46.8 Å². The van der Waals surface area contributed by atoms with Crippen LogP contribution in [-0.4, -0.2) is 28.9 Å². The SMILES string of the molecule is CC(=O)C(C)(COc1ccc([N+](=O)[O-])cc1)C(=O)OC(C)(C)C. The summed E-state index contributed by atoms with van der Waals surface area (Å²) in [6, 6.07) is 5.39. The van der Waals surface area contributed by atoms with Gasteiger partial charge in [-0.3, -0.25) is 19.7 Å². The standard InChI is InChI=1S/C16H21NO6/c1-11(18)16(5,14(19)23-15(2,3)4)10-22-13-8-6-12(7-9-13)17(20)21/h6-9H,10H2,1-5H3. The van der Waals surface area contributed by atoms with Crippen molar-refractivity contribution >= 4 is 17.4 Å². The second-order valence-electron chi connectivity index (χ2n) is 6.43. The number of nitro groups is 1. The van der Waals surface area contributed by atoms with Crippen molar-refractivity contribution in [2.24, 2.45) is 5.41 Å². The van der Waals surface area contributed by atoms with Crippen LogP contribution in [0.5, 0.6) is 5.75 Å². The Labute approximate surface area is 134 Å². The molecule has 0 aliphatic rings. The van der Waals surface area contributed by atoms with E-state index in [1.54, 1.807) is 20.8 Å². The molecule has 1 rings (SSSR count). The van der Waals surface area contributed by atoms with E-state index in [0.717, 1.165) is 0 Å². The minimum atomic E-state index is -1.45. The smallest absolute Gasteiger partial charge is 0.323 e. The second kappa shape index (κ2) is 6.76. The number of rotatable bonds is 6. The fraction of sp³-hybridized carbons (Fsp3) is 0.500. The van der Waals surface area contributed by atoms with E-state index in [-0.39, 0.29) is 18.1 Å². The van der Waals surface area contributed by atoms with E-state index in [4.69, 9.17) is 9.47 Å². The predicted molar refractivity (Wildman–Crippen MR) is 83.2 cm³/mol. The first-order chi connectivity index (χ1) is 10.5. The molecule has 0 amide bonds. The number of nitro benzene ring substituents is 1. The number of esters is 1. The van der Waals surface area contributed by atoms with Crippen molar-refractivity contribution in [3.8, 4) is 5.75 Å². The molecule has 1 aromatic rings. The number of hydrogen-bond acceptors (Lipinski definition) is 6. The molecular formula is C16H21NO6. The third-order valence-corrected chi connectivity index (χ3v) is 3.20. The summed E-state index contributed by atoms with van der Waals surface area (Å²) in [6.07, 6.45) is 0. The second-order valence-corrected chi connectivity index (χ2v) is 6.43. The maximum atomic E-state index is 12.3. The van der Waals surface area contributed by atoms with Crippen molar-refractivity contribution < 1.29 is 24.0 Å². The summed E-state index contributed by atoms with van der Waals surface area (Å²) < 4.78 is 10.7. The van der Waals surface area contributed by atoms with Gasteiger partial charge in [-0.1, -0.05) is 0 Å². The Balaban J connectivity index is 2.85. The lowest BCUT2D eigenvalue weighted by molar-refractivity contribution is -0.384. The lowest BCUT2D eigenvalue weighted by atomic mass is 9.87. The predicted octanol–water partition coefficient (Wildman–Crippen LogP) is 2.91. The Morgan fingerprint density at radius 2 is 1.65 bits per heavy atom. The van der Waals surface area contributed by atoms with Crippen LogP contribution in [0.1, 0.15) is 34.6 Å². The first-order valence-corrected chi connectivity index (χ1v) is 7.07. The summed E-state index contributed by atoms with van der Waals surface area (Å²) in [5, 5.41) is 10.6. The Bertz CT molecular complexity index is 602. The molecule has 23 heavy (non-hydrogen) atoms. The van der Waals surface area contributed by atoms with Gasteiger partial charge in [0.15, 0.2) is 5.41 Å². The fourth-order valence-corrected chi connectivity index (χ4v) is 1.59. The quantitative estimate of drug-likeness (QED) is 0.346. The number of carbonyl (C=O) groups excluding carboxylic acids is 2. The number of ether oxygens (including phenoxy) is 2. The van der Waals surface area contributed by atoms with E-state index in [9.17, 15) is 19.7 Å². The third kappa shape index (κ3) is 5.05. The summed E-state index contributed by atoms with van der Waals surface area (Å²) in [7, 11) is 0. The minimum Gasteiger partial charge on any atom is -0.492 e. The zero-order valence-electron chi connectivity index (χ0n) is 13.9. The number of ketones is 1. The van der Waals surface area contributed by atoms with Crippen LogP contribution in [-0.2, 0) is 14.3 Å². The summed E-state index contributed by atoms with van der Waals surface area (Å²) in [6.45, 7) is 7.67. The van der Waals surface area contributed by atoms with Gasteiger partial charge in [-0.25, -0.2) is 0 Å². The highest BCUT2D eigenvalue weighted by Crippen LogP contribution is 2.26. The van der Waals surface area contributed by atoms with Gasteiger partial charge in [-0.15, -0.1) is 0 Å². The van der Waals surface area contributed by atoms with Gasteiger partial charge >= 0.3 is 5.97 Å². The van der Waals surface area contributed by atoms with E-state index in [0.29, 0.717) is 5.75 Å². The van der Waals surface area contributed by atoms with Gasteiger partial charge in [0.1, 0.15) is 23.7 Å². The zero-order valence-corrected chi connectivity index (χ0v) is 13.9. The minimum absolute atomic E-state index is 0.0705. The van der Waals surface area contributed by atoms with Gasteiger partial charge in [0.25, 0.3) is 5.69 Å². The fourth-order valence-electron chi connectivity index (χ4n) is 1.59. The molecule has 0 spiro atoms. The molecule has 1 atom stereocenters. The summed E-state index contributed by atoms with van der Waals surface area (Å²) >= 11 is 0. The van der Waals surface area contributed by atoms with Crippen LogP contribution in [0.2, 0.25) is 0 Å². The Hall–Kier alpha value is -2.44. The molecule has 7 nitrogen and oxygen atoms in total. The lowest BCUT2D eigenvalue weighted by Gasteiger charge is -2.29. The molecule has 0 saturated heterocycles. The molecule has 0 heterocycles. The molecule has 0 aromatic heterocycles. The summed E-state index contributed by atoms with van der Waals surface area (Å²) in [4.78, 5) is 34.2. The molecule has 0 aliphatic carbocycles. The summed E-state index contributed by atoms with van der Waals surface area (Å²) in [5.74, 6) is -0.722. The van der Waals surface area contributed by atoms with Crippen LogP contribution in [0.3, 0.4) is 0 Å². The van der Waals surface area contributed by atoms with Gasteiger partial charge in [0.05, 0.1) is 4.92 Å². The van der Waals surface area contributed by atoms with E-state index in [1.165, 1.54) is 38.1 Å². The molecule has 0 bridgehead atoms. The van der Waals surface area contributed by atoms with Crippen molar-refractivity contribution in [3.05, 3.63) is 34.4 Å². The average Bonchev–Trinajstić information content (AvgIpc) is 2.43. The van der Waals surface area contributed by atoms with Gasteiger partial charge < -0.3 is 9.47 Å². The highest BCUT2D eigenvalue weighted by molar-refractivity contribution is 6.02. The molecule has 126 valence electrons. The van der Waals surface area contributed by atoms with Crippen LogP contribution in [0.25, 0.3) is 0 Å². The van der Waals surface area contributed by atoms with Crippen molar-refractivity contribution in [3.63, 3.8) is 0 Å².